The van der Waals surface area contributed by atoms with E-state index in [4.69, 9.17) is 0 Å². The van der Waals surface area contributed by atoms with Crippen molar-refractivity contribution in [3.05, 3.63) is 29.6 Å². The van der Waals surface area contributed by atoms with Gasteiger partial charge >= 0.3 is 0 Å². The van der Waals surface area contributed by atoms with Crippen molar-refractivity contribution in [2.24, 2.45) is 0 Å². The highest BCUT2D eigenvalue weighted by molar-refractivity contribution is 7.99. The number of halogens is 1. The summed E-state index contributed by atoms with van der Waals surface area (Å²) in [6.07, 6.45) is 2.71. The first-order chi connectivity index (χ1) is 9.03. The van der Waals surface area contributed by atoms with Crippen LogP contribution < -0.4 is 5.32 Å². The fourth-order valence-corrected chi connectivity index (χ4v) is 3.71. The van der Waals surface area contributed by atoms with Crippen molar-refractivity contribution in [1.29, 1.82) is 0 Å². The minimum Gasteiger partial charge on any atom is -0.389 e. The zero-order valence-electron chi connectivity index (χ0n) is 11.6. The highest BCUT2D eigenvalue weighted by atomic mass is 32.2. The van der Waals surface area contributed by atoms with Crippen molar-refractivity contribution in [1.82, 2.24) is 5.32 Å². The molecule has 0 aromatic heterocycles. The lowest BCUT2D eigenvalue weighted by molar-refractivity contribution is 0.0468. The van der Waals surface area contributed by atoms with Gasteiger partial charge in [-0.3, -0.25) is 0 Å². The van der Waals surface area contributed by atoms with Gasteiger partial charge in [-0.15, -0.1) is 11.8 Å². The van der Waals surface area contributed by atoms with Crippen LogP contribution >= 0.6 is 11.8 Å². The highest BCUT2D eigenvalue weighted by Crippen LogP contribution is 2.37. The van der Waals surface area contributed by atoms with Gasteiger partial charge in [0.1, 0.15) is 5.82 Å². The van der Waals surface area contributed by atoms with Crippen LogP contribution in [0.5, 0.6) is 0 Å². The Morgan fingerprint density at radius 2 is 2.32 bits per heavy atom. The number of benzene rings is 1. The number of aliphatic hydroxyl groups is 1. The molecule has 1 aromatic carbocycles. The second kappa shape index (κ2) is 6.25. The van der Waals surface area contributed by atoms with Gasteiger partial charge in [0.15, 0.2) is 0 Å². The van der Waals surface area contributed by atoms with E-state index in [2.05, 4.69) is 12.2 Å². The smallest absolute Gasteiger partial charge is 0.137 e. The molecule has 0 radical (unpaired) electrons. The molecule has 1 aliphatic rings. The fourth-order valence-electron chi connectivity index (χ4n) is 2.57. The first-order valence-electron chi connectivity index (χ1n) is 6.90. The van der Waals surface area contributed by atoms with Gasteiger partial charge in [0.05, 0.1) is 5.60 Å². The normalized spacial score (nSPS) is 21.8. The molecule has 0 saturated heterocycles. The lowest BCUT2D eigenvalue weighted by Crippen LogP contribution is -2.40. The van der Waals surface area contributed by atoms with Gasteiger partial charge in [0, 0.05) is 17.5 Å². The van der Waals surface area contributed by atoms with Crippen LogP contribution in [-0.2, 0) is 0 Å². The highest BCUT2D eigenvalue weighted by Gasteiger charge is 2.26. The van der Waals surface area contributed by atoms with Crippen LogP contribution in [0.4, 0.5) is 4.39 Å². The predicted octanol–water partition coefficient (Wildman–Crippen LogP) is 3.50. The molecule has 1 heterocycles. The zero-order valence-corrected chi connectivity index (χ0v) is 12.4. The van der Waals surface area contributed by atoms with Crippen LogP contribution in [0.25, 0.3) is 0 Å². The molecule has 4 heteroatoms. The SMILES string of the molecule is CCCC(C)(O)CNC1CCSc2c(F)cccc21. The molecule has 2 N–H and O–H groups in total. The van der Waals surface area contributed by atoms with Crippen molar-refractivity contribution in [2.45, 2.75) is 49.6 Å². The van der Waals surface area contributed by atoms with E-state index in [1.54, 1.807) is 17.8 Å². The van der Waals surface area contributed by atoms with Crippen molar-refractivity contribution in [3.8, 4) is 0 Å². The van der Waals surface area contributed by atoms with E-state index in [0.29, 0.717) is 6.54 Å². The third kappa shape index (κ3) is 3.71. The van der Waals surface area contributed by atoms with Crippen LogP contribution in [0.3, 0.4) is 0 Å². The summed E-state index contributed by atoms with van der Waals surface area (Å²) >= 11 is 1.59. The molecule has 0 amide bonds. The summed E-state index contributed by atoms with van der Waals surface area (Å²) in [5.41, 5.74) is 0.343. The number of thioether (sulfide) groups is 1. The molecular formula is C15H22FNOS. The van der Waals surface area contributed by atoms with Gasteiger partial charge in [-0.1, -0.05) is 25.5 Å². The molecule has 0 aliphatic carbocycles. The second-order valence-corrected chi connectivity index (χ2v) is 6.58. The van der Waals surface area contributed by atoms with Crippen LogP contribution in [0, 0.1) is 5.82 Å². The van der Waals surface area contributed by atoms with Gasteiger partial charge in [-0.25, -0.2) is 4.39 Å². The van der Waals surface area contributed by atoms with Crippen molar-refractivity contribution < 1.29 is 9.50 Å². The Bertz CT molecular complexity index is 436. The molecule has 2 unspecified atom stereocenters. The lowest BCUT2D eigenvalue weighted by Gasteiger charge is -2.30. The Morgan fingerprint density at radius 1 is 1.53 bits per heavy atom. The minimum atomic E-state index is -0.688. The molecule has 2 nitrogen and oxygen atoms in total. The number of fused-ring (bicyclic) bond motifs is 1. The third-order valence-electron chi connectivity index (χ3n) is 3.54. The Labute approximate surface area is 118 Å². The van der Waals surface area contributed by atoms with Gasteiger partial charge < -0.3 is 10.4 Å². The minimum absolute atomic E-state index is 0.130. The summed E-state index contributed by atoms with van der Waals surface area (Å²) in [7, 11) is 0. The van der Waals surface area contributed by atoms with E-state index in [-0.39, 0.29) is 11.9 Å². The Kier molecular flexibility index (Phi) is 4.87. The molecule has 2 rings (SSSR count). The first kappa shape index (κ1) is 14.8. The first-order valence-corrected chi connectivity index (χ1v) is 7.89. The Morgan fingerprint density at radius 3 is 3.05 bits per heavy atom. The largest absolute Gasteiger partial charge is 0.389 e. The third-order valence-corrected chi connectivity index (χ3v) is 4.70. The average Bonchev–Trinajstić information content (AvgIpc) is 2.37. The maximum atomic E-state index is 13.7. The van der Waals surface area contributed by atoms with E-state index >= 15 is 0 Å². The van der Waals surface area contributed by atoms with Gasteiger partial charge in [0.2, 0.25) is 0 Å². The summed E-state index contributed by atoms with van der Waals surface area (Å²) in [6, 6.07) is 5.41. The van der Waals surface area contributed by atoms with E-state index < -0.39 is 5.60 Å². The molecule has 0 fully saturated rings. The summed E-state index contributed by atoms with van der Waals surface area (Å²) in [5.74, 6) is 0.788. The van der Waals surface area contributed by atoms with Gasteiger partial charge in [-0.2, -0.15) is 0 Å². The van der Waals surface area contributed by atoms with E-state index in [1.165, 1.54) is 6.07 Å². The molecule has 106 valence electrons. The summed E-state index contributed by atoms with van der Waals surface area (Å²) in [5, 5.41) is 13.6. The molecule has 1 aromatic rings. The van der Waals surface area contributed by atoms with Crippen molar-refractivity contribution >= 4 is 11.8 Å². The molecule has 0 saturated carbocycles. The van der Waals surface area contributed by atoms with Crippen molar-refractivity contribution in [2.75, 3.05) is 12.3 Å². The summed E-state index contributed by atoms with van der Waals surface area (Å²) < 4.78 is 13.7. The average molecular weight is 283 g/mol. The number of nitrogens with one attached hydrogen (secondary N) is 1. The number of hydrogen-bond donors (Lipinski definition) is 2. The Balaban J connectivity index is 2.06. The van der Waals surface area contributed by atoms with E-state index in [9.17, 15) is 9.50 Å². The lowest BCUT2D eigenvalue weighted by atomic mass is 9.98. The van der Waals surface area contributed by atoms with Crippen LogP contribution in [0.2, 0.25) is 0 Å². The molecule has 0 bridgehead atoms. The van der Waals surface area contributed by atoms with E-state index in [0.717, 1.165) is 35.5 Å². The molecule has 2 atom stereocenters. The summed E-state index contributed by atoms with van der Waals surface area (Å²) in [6.45, 7) is 4.47. The van der Waals surface area contributed by atoms with E-state index in [1.807, 2.05) is 13.0 Å². The number of hydrogen-bond acceptors (Lipinski definition) is 3. The molecule has 0 spiro atoms. The quantitative estimate of drug-likeness (QED) is 0.867. The zero-order chi connectivity index (χ0) is 13.9. The monoisotopic (exact) mass is 283 g/mol. The van der Waals surface area contributed by atoms with Crippen molar-refractivity contribution in [3.63, 3.8) is 0 Å². The molecule has 1 aliphatic heterocycles. The topological polar surface area (TPSA) is 32.3 Å². The number of rotatable bonds is 5. The van der Waals surface area contributed by atoms with Gasteiger partial charge in [0.25, 0.3) is 0 Å². The maximum absolute atomic E-state index is 13.7. The standard InChI is InChI=1S/C15H22FNOS/c1-3-8-15(2,18)10-17-13-7-9-19-14-11(13)5-4-6-12(14)16/h4-6,13,17-18H,3,7-10H2,1-2H3. The maximum Gasteiger partial charge on any atom is 0.137 e. The second-order valence-electron chi connectivity index (χ2n) is 5.48. The fraction of sp³-hybridized carbons (Fsp3) is 0.600. The van der Waals surface area contributed by atoms with Gasteiger partial charge in [-0.05, 0) is 37.1 Å². The molecular weight excluding hydrogens is 261 g/mol. The summed E-state index contributed by atoms with van der Waals surface area (Å²) in [4.78, 5) is 0.765. The van der Waals surface area contributed by atoms with Crippen LogP contribution in [0.1, 0.15) is 44.7 Å². The molecule has 19 heavy (non-hydrogen) atoms. The van der Waals surface area contributed by atoms with Crippen LogP contribution in [-0.4, -0.2) is 23.0 Å². The predicted molar refractivity (Wildman–Crippen MR) is 78.0 cm³/mol. The van der Waals surface area contributed by atoms with Crippen LogP contribution in [0.15, 0.2) is 23.1 Å². The Hall–Kier alpha value is -0.580.